The van der Waals surface area contributed by atoms with Gasteiger partial charge >= 0.3 is 12.0 Å². The maximum Gasteiger partial charge on any atom is 0.315 e. The van der Waals surface area contributed by atoms with Crippen molar-refractivity contribution in [1.29, 1.82) is 0 Å². The largest absolute Gasteiger partial charge is 0.481 e. The first-order valence-electron chi connectivity index (χ1n) is 7.10. The molecule has 0 aromatic carbocycles. The summed E-state index contributed by atoms with van der Waals surface area (Å²) in [5.41, 5.74) is 0.744. The average molecular weight is 294 g/mol. The summed E-state index contributed by atoms with van der Waals surface area (Å²) in [5.74, 6) is -0.452. The molecule has 1 atom stereocenters. The van der Waals surface area contributed by atoms with Gasteiger partial charge in [0, 0.05) is 19.2 Å². The van der Waals surface area contributed by atoms with Gasteiger partial charge in [-0.25, -0.2) is 14.8 Å². The first-order chi connectivity index (χ1) is 10.1. The minimum absolute atomic E-state index is 0.179. The molecule has 0 aliphatic carbocycles. The molecule has 0 saturated carbocycles. The molecule has 1 unspecified atom stereocenters. The van der Waals surface area contributed by atoms with Crippen molar-refractivity contribution in [2.24, 2.45) is 5.92 Å². The number of aromatic nitrogens is 2. The minimum Gasteiger partial charge on any atom is -0.481 e. The van der Waals surface area contributed by atoms with E-state index in [1.54, 1.807) is 12.3 Å². The lowest BCUT2D eigenvalue weighted by atomic mass is 9.97. The summed E-state index contributed by atoms with van der Waals surface area (Å²) in [6, 6.07) is 1.49. The SMILES string of the molecule is CCC(CCNC(=O)NCc1ccncn1)CCC(=O)O. The molecule has 0 fully saturated rings. The highest BCUT2D eigenvalue weighted by atomic mass is 16.4. The van der Waals surface area contributed by atoms with E-state index in [1.165, 1.54) is 6.33 Å². The Hall–Kier alpha value is -2.18. The molecule has 116 valence electrons. The Morgan fingerprint density at radius 1 is 1.33 bits per heavy atom. The van der Waals surface area contributed by atoms with Crippen LogP contribution in [0.3, 0.4) is 0 Å². The first kappa shape index (κ1) is 16.9. The lowest BCUT2D eigenvalue weighted by molar-refractivity contribution is -0.137. The molecule has 1 heterocycles. The van der Waals surface area contributed by atoms with Gasteiger partial charge in [-0.15, -0.1) is 0 Å². The number of nitrogens with zero attached hydrogens (tertiary/aromatic N) is 2. The molecule has 1 aromatic heterocycles. The van der Waals surface area contributed by atoms with Crippen molar-refractivity contribution in [3.05, 3.63) is 24.3 Å². The highest BCUT2D eigenvalue weighted by Crippen LogP contribution is 2.14. The van der Waals surface area contributed by atoms with Crippen molar-refractivity contribution in [1.82, 2.24) is 20.6 Å². The summed E-state index contributed by atoms with van der Waals surface area (Å²) in [7, 11) is 0. The van der Waals surface area contributed by atoms with Gasteiger partial charge in [0.25, 0.3) is 0 Å². The van der Waals surface area contributed by atoms with Gasteiger partial charge in [-0.05, 0) is 24.8 Å². The number of carboxylic acid groups (broad SMARTS) is 1. The van der Waals surface area contributed by atoms with E-state index in [2.05, 4.69) is 20.6 Å². The molecule has 1 aromatic rings. The third-order valence-electron chi connectivity index (χ3n) is 3.26. The van der Waals surface area contributed by atoms with Crippen LogP contribution in [0.5, 0.6) is 0 Å². The van der Waals surface area contributed by atoms with Crippen molar-refractivity contribution in [2.75, 3.05) is 6.54 Å². The van der Waals surface area contributed by atoms with Gasteiger partial charge < -0.3 is 15.7 Å². The average Bonchev–Trinajstić information content (AvgIpc) is 2.49. The number of carboxylic acids is 1. The summed E-state index contributed by atoms with van der Waals surface area (Å²) in [6.45, 7) is 2.92. The number of hydrogen-bond donors (Lipinski definition) is 3. The fourth-order valence-electron chi connectivity index (χ4n) is 1.93. The quantitative estimate of drug-likeness (QED) is 0.641. The van der Waals surface area contributed by atoms with Crippen LogP contribution >= 0.6 is 0 Å². The molecule has 7 heteroatoms. The van der Waals surface area contributed by atoms with E-state index in [4.69, 9.17) is 5.11 Å². The fourth-order valence-corrected chi connectivity index (χ4v) is 1.93. The molecule has 0 aliphatic heterocycles. The molecule has 0 saturated heterocycles. The molecule has 7 nitrogen and oxygen atoms in total. The van der Waals surface area contributed by atoms with E-state index in [1.807, 2.05) is 6.92 Å². The van der Waals surface area contributed by atoms with Crippen molar-refractivity contribution in [2.45, 2.75) is 39.2 Å². The number of urea groups is 1. The molecule has 0 aliphatic rings. The molecular formula is C14H22N4O3. The van der Waals surface area contributed by atoms with Crippen LogP contribution in [0.4, 0.5) is 4.79 Å². The number of carbonyl (C=O) groups excluding carboxylic acids is 1. The molecule has 0 spiro atoms. The van der Waals surface area contributed by atoms with Gasteiger partial charge in [0.15, 0.2) is 0 Å². The van der Waals surface area contributed by atoms with Crippen LogP contribution in [0.1, 0.15) is 38.3 Å². The minimum atomic E-state index is -0.774. The van der Waals surface area contributed by atoms with E-state index >= 15 is 0 Å². The Morgan fingerprint density at radius 3 is 2.76 bits per heavy atom. The van der Waals surface area contributed by atoms with E-state index in [9.17, 15) is 9.59 Å². The summed E-state index contributed by atoms with van der Waals surface area (Å²) < 4.78 is 0. The number of nitrogens with one attached hydrogen (secondary N) is 2. The molecule has 0 bridgehead atoms. The number of aliphatic carboxylic acids is 1. The zero-order valence-corrected chi connectivity index (χ0v) is 12.2. The van der Waals surface area contributed by atoms with E-state index in [0.717, 1.165) is 18.5 Å². The maximum atomic E-state index is 11.6. The number of rotatable bonds is 9. The lowest BCUT2D eigenvalue weighted by Gasteiger charge is -2.14. The van der Waals surface area contributed by atoms with Crippen LogP contribution in [0.2, 0.25) is 0 Å². The Balaban J connectivity index is 2.16. The van der Waals surface area contributed by atoms with Gasteiger partial charge in [0.05, 0.1) is 12.2 Å². The van der Waals surface area contributed by atoms with E-state index in [0.29, 0.717) is 25.4 Å². The van der Waals surface area contributed by atoms with Crippen LogP contribution < -0.4 is 10.6 Å². The zero-order valence-electron chi connectivity index (χ0n) is 12.2. The number of hydrogen-bond acceptors (Lipinski definition) is 4. The van der Waals surface area contributed by atoms with Gasteiger partial charge in [0.1, 0.15) is 6.33 Å². The molecule has 2 amide bonds. The predicted octanol–water partition coefficient (Wildman–Crippen LogP) is 1.56. The Morgan fingerprint density at radius 2 is 2.14 bits per heavy atom. The monoisotopic (exact) mass is 294 g/mol. The third kappa shape index (κ3) is 7.86. The molecule has 1 rings (SSSR count). The van der Waals surface area contributed by atoms with Crippen molar-refractivity contribution >= 4 is 12.0 Å². The molecule has 0 radical (unpaired) electrons. The normalized spacial score (nSPS) is 11.7. The van der Waals surface area contributed by atoms with Gasteiger partial charge in [0.2, 0.25) is 0 Å². The standard InChI is InChI=1S/C14H22N4O3/c1-2-11(3-4-13(19)20)5-8-16-14(21)17-9-12-6-7-15-10-18-12/h6-7,10-11H,2-5,8-9H2,1H3,(H,19,20)(H2,16,17,21). The van der Waals surface area contributed by atoms with Crippen LogP contribution in [0, 0.1) is 5.92 Å². The lowest BCUT2D eigenvalue weighted by Crippen LogP contribution is -2.36. The summed E-state index contributed by atoms with van der Waals surface area (Å²) >= 11 is 0. The Bertz CT molecular complexity index is 439. The fraction of sp³-hybridized carbons (Fsp3) is 0.571. The Kier molecular flexibility index (Phi) is 7.78. The number of carbonyl (C=O) groups is 2. The summed E-state index contributed by atoms with van der Waals surface area (Å²) in [5, 5.41) is 14.1. The third-order valence-corrected chi connectivity index (χ3v) is 3.26. The zero-order chi connectivity index (χ0) is 15.5. The molecular weight excluding hydrogens is 272 g/mol. The maximum absolute atomic E-state index is 11.6. The van der Waals surface area contributed by atoms with Crippen molar-refractivity contribution in [3.63, 3.8) is 0 Å². The molecule has 21 heavy (non-hydrogen) atoms. The second kappa shape index (κ2) is 9.68. The second-order valence-electron chi connectivity index (χ2n) is 4.81. The Labute approximate surface area is 124 Å². The summed E-state index contributed by atoms with van der Waals surface area (Å²) in [6.07, 6.45) is 5.58. The van der Waals surface area contributed by atoms with E-state index < -0.39 is 5.97 Å². The van der Waals surface area contributed by atoms with Crippen LogP contribution in [-0.4, -0.2) is 33.6 Å². The molecule has 3 N–H and O–H groups in total. The van der Waals surface area contributed by atoms with Gasteiger partial charge in [-0.2, -0.15) is 0 Å². The van der Waals surface area contributed by atoms with Crippen LogP contribution in [0.25, 0.3) is 0 Å². The second-order valence-corrected chi connectivity index (χ2v) is 4.81. The highest BCUT2D eigenvalue weighted by molar-refractivity contribution is 5.73. The van der Waals surface area contributed by atoms with Crippen LogP contribution in [0.15, 0.2) is 18.6 Å². The van der Waals surface area contributed by atoms with Crippen molar-refractivity contribution < 1.29 is 14.7 Å². The van der Waals surface area contributed by atoms with Crippen LogP contribution in [-0.2, 0) is 11.3 Å². The topological polar surface area (TPSA) is 104 Å². The summed E-state index contributed by atoms with van der Waals surface area (Å²) in [4.78, 5) is 29.9. The van der Waals surface area contributed by atoms with Gasteiger partial charge in [-0.1, -0.05) is 13.3 Å². The first-order valence-corrected chi connectivity index (χ1v) is 7.10. The van der Waals surface area contributed by atoms with Gasteiger partial charge in [-0.3, -0.25) is 4.79 Å². The highest BCUT2D eigenvalue weighted by Gasteiger charge is 2.09. The van der Waals surface area contributed by atoms with Crippen molar-refractivity contribution in [3.8, 4) is 0 Å². The smallest absolute Gasteiger partial charge is 0.315 e. The van der Waals surface area contributed by atoms with E-state index in [-0.39, 0.29) is 12.5 Å². The predicted molar refractivity (Wildman–Crippen MR) is 77.5 cm³/mol. The number of amides is 2.